The van der Waals surface area contributed by atoms with Crippen LogP contribution in [0.4, 0.5) is 4.39 Å². The van der Waals surface area contributed by atoms with Crippen LogP contribution in [-0.4, -0.2) is 34.7 Å². The molecule has 1 aromatic rings. The van der Waals surface area contributed by atoms with Crippen molar-refractivity contribution < 1.29 is 18.7 Å². The fourth-order valence-corrected chi connectivity index (χ4v) is 2.91. The van der Waals surface area contributed by atoms with Gasteiger partial charge in [0.05, 0.1) is 24.8 Å². The van der Waals surface area contributed by atoms with Crippen molar-refractivity contribution in [2.75, 3.05) is 7.11 Å². The molecule has 7 heteroatoms. The molecule has 0 bridgehead atoms. The fraction of sp³-hybridized carbons (Fsp3) is 0.467. The summed E-state index contributed by atoms with van der Waals surface area (Å²) in [5, 5.41) is 10.5. The highest BCUT2D eigenvalue weighted by molar-refractivity contribution is 6.27. The maximum atomic E-state index is 13.7. The average Bonchev–Trinajstić information content (AvgIpc) is 2.44. The van der Waals surface area contributed by atoms with E-state index in [0.29, 0.717) is 30.0 Å². The van der Waals surface area contributed by atoms with E-state index < -0.39 is 5.67 Å². The zero-order chi connectivity index (χ0) is 15.9. The summed E-state index contributed by atoms with van der Waals surface area (Å²) in [5.41, 5.74) is 0.243. The molecule has 0 saturated heterocycles. The van der Waals surface area contributed by atoms with E-state index in [2.05, 4.69) is 15.5 Å². The van der Waals surface area contributed by atoms with Gasteiger partial charge in [-0.2, -0.15) is 0 Å². The number of rotatable bonds is 3. The first-order valence-corrected chi connectivity index (χ1v) is 7.03. The summed E-state index contributed by atoms with van der Waals surface area (Å²) in [7, 11) is 1.48. The van der Waals surface area contributed by atoms with Gasteiger partial charge in [-0.15, -0.1) is 10.2 Å². The third kappa shape index (κ3) is 2.58. The number of ether oxygens (including phenoxy) is 1. The van der Waals surface area contributed by atoms with Crippen molar-refractivity contribution in [1.29, 1.82) is 0 Å². The molecule has 0 unspecified atom stereocenters. The normalized spacial score (nSPS) is 27.8. The Morgan fingerprint density at radius 2 is 2.09 bits per heavy atom. The van der Waals surface area contributed by atoms with Gasteiger partial charge in [-0.05, 0) is 31.7 Å². The van der Waals surface area contributed by atoms with Gasteiger partial charge in [0.15, 0.2) is 5.78 Å². The predicted molar refractivity (Wildman–Crippen MR) is 75.8 cm³/mol. The van der Waals surface area contributed by atoms with Crippen LogP contribution in [0.2, 0.25) is 0 Å². The van der Waals surface area contributed by atoms with Crippen molar-refractivity contribution in [3.05, 3.63) is 23.5 Å². The number of nitrogens with zero attached hydrogens (tertiary/aromatic N) is 2. The molecule has 1 aromatic heterocycles. The second-order valence-electron chi connectivity index (χ2n) is 5.94. The highest BCUT2D eigenvalue weighted by Gasteiger charge is 2.43. The third-order valence-electron chi connectivity index (χ3n) is 4.04. The monoisotopic (exact) mass is 305 g/mol. The van der Waals surface area contributed by atoms with E-state index in [1.165, 1.54) is 13.3 Å². The Bertz CT molecular complexity index is 677. The zero-order valence-corrected chi connectivity index (χ0v) is 12.4. The molecule has 1 aliphatic carbocycles. The number of allylic oxidation sites excluding steroid dienone is 1. The minimum Gasteiger partial charge on any atom is -0.480 e. The number of methoxy groups -OCH3 is 1. The summed E-state index contributed by atoms with van der Waals surface area (Å²) in [4.78, 5) is 23.1. The molecule has 3 rings (SSSR count). The van der Waals surface area contributed by atoms with Gasteiger partial charge in [0.25, 0.3) is 0 Å². The standard InChI is InChI=1S/C15H16FN3O3/c1-15(16)5-8(6-15)9-3-11(18-19-14(9)22-2)10-7-17-13(21)4-12(10)20/h3,7-8H,4-6H2,1-2H3,(H,17,21). The largest absolute Gasteiger partial charge is 0.480 e. The van der Waals surface area contributed by atoms with Gasteiger partial charge in [0.2, 0.25) is 11.8 Å². The third-order valence-corrected chi connectivity index (χ3v) is 4.04. The van der Waals surface area contributed by atoms with E-state index in [4.69, 9.17) is 4.74 Å². The molecule has 1 fully saturated rings. The number of carbonyl (C=O) groups is 2. The molecule has 0 aromatic carbocycles. The van der Waals surface area contributed by atoms with Crippen LogP contribution in [0.1, 0.15) is 43.4 Å². The molecular weight excluding hydrogens is 289 g/mol. The number of ketones is 1. The van der Waals surface area contributed by atoms with Crippen LogP contribution in [0.25, 0.3) is 5.57 Å². The molecule has 116 valence electrons. The molecule has 1 saturated carbocycles. The number of carbonyl (C=O) groups excluding carboxylic acids is 2. The fourth-order valence-electron chi connectivity index (χ4n) is 2.91. The molecule has 2 aliphatic rings. The van der Waals surface area contributed by atoms with Gasteiger partial charge in [-0.3, -0.25) is 9.59 Å². The number of hydrogen-bond donors (Lipinski definition) is 1. The lowest BCUT2D eigenvalue weighted by Gasteiger charge is -2.39. The highest BCUT2D eigenvalue weighted by Crippen LogP contribution is 2.49. The Kier molecular flexibility index (Phi) is 3.42. The molecule has 1 N–H and O–H groups in total. The lowest BCUT2D eigenvalue weighted by Crippen LogP contribution is -2.35. The Balaban J connectivity index is 1.94. The number of hydrogen-bond acceptors (Lipinski definition) is 5. The minimum absolute atomic E-state index is 0.00640. The Morgan fingerprint density at radius 3 is 2.68 bits per heavy atom. The van der Waals surface area contributed by atoms with Gasteiger partial charge in [0, 0.05) is 11.8 Å². The summed E-state index contributed by atoms with van der Waals surface area (Å²) in [5.74, 6) is -0.314. The van der Waals surface area contributed by atoms with E-state index in [1.54, 1.807) is 13.0 Å². The summed E-state index contributed by atoms with van der Waals surface area (Å²) >= 11 is 0. The van der Waals surface area contributed by atoms with Crippen molar-refractivity contribution in [3.63, 3.8) is 0 Å². The van der Waals surface area contributed by atoms with Crippen LogP contribution in [-0.2, 0) is 9.59 Å². The number of amides is 1. The topological polar surface area (TPSA) is 81.2 Å². The number of Topliss-reactive ketones (excluding diaryl/α,β-unsaturated/α-hetero) is 1. The molecule has 0 atom stereocenters. The van der Waals surface area contributed by atoms with Crippen LogP contribution >= 0.6 is 0 Å². The van der Waals surface area contributed by atoms with Crippen molar-refractivity contribution in [3.8, 4) is 5.88 Å². The molecule has 6 nitrogen and oxygen atoms in total. The van der Waals surface area contributed by atoms with Crippen molar-refractivity contribution in [2.45, 2.75) is 37.8 Å². The van der Waals surface area contributed by atoms with Crippen molar-refractivity contribution in [2.24, 2.45) is 0 Å². The lowest BCUT2D eigenvalue weighted by atomic mass is 9.70. The maximum Gasteiger partial charge on any atom is 0.236 e. The first-order chi connectivity index (χ1) is 10.4. The summed E-state index contributed by atoms with van der Waals surface area (Å²) in [6.07, 6.45) is 1.91. The van der Waals surface area contributed by atoms with Crippen molar-refractivity contribution >= 4 is 17.3 Å². The molecule has 0 radical (unpaired) electrons. The van der Waals surface area contributed by atoms with Crippen LogP contribution < -0.4 is 10.1 Å². The minimum atomic E-state index is -1.17. The first-order valence-electron chi connectivity index (χ1n) is 7.03. The van der Waals surface area contributed by atoms with E-state index in [-0.39, 0.29) is 24.0 Å². The summed E-state index contributed by atoms with van der Waals surface area (Å²) in [6.45, 7) is 1.56. The molecule has 2 heterocycles. The lowest BCUT2D eigenvalue weighted by molar-refractivity contribution is -0.125. The number of nitrogens with one attached hydrogen (secondary N) is 1. The molecule has 0 spiro atoms. The Labute approximate surface area is 126 Å². The van der Waals surface area contributed by atoms with Crippen LogP contribution in [0.3, 0.4) is 0 Å². The summed E-state index contributed by atoms with van der Waals surface area (Å²) in [6, 6.07) is 1.70. The smallest absolute Gasteiger partial charge is 0.236 e. The molecular formula is C15H16FN3O3. The van der Waals surface area contributed by atoms with Gasteiger partial charge in [-0.25, -0.2) is 4.39 Å². The van der Waals surface area contributed by atoms with Crippen LogP contribution in [0.15, 0.2) is 12.3 Å². The first kappa shape index (κ1) is 14.6. The van der Waals surface area contributed by atoms with Gasteiger partial charge in [-0.1, -0.05) is 0 Å². The Morgan fingerprint density at radius 1 is 1.36 bits per heavy atom. The zero-order valence-electron chi connectivity index (χ0n) is 12.4. The van der Waals surface area contributed by atoms with Gasteiger partial charge >= 0.3 is 0 Å². The average molecular weight is 305 g/mol. The molecule has 1 aliphatic heterocycles. The molecule has 1 amide bonds. The van der Waals surface area contributed by atoms with E-state index in [0.717, 1.165) is 5.56 Å². The van der Waals surface area contributed by atoms with E-state index in [1.807, 2.05) is 0 Å². The van der Waals surface area contributed by atoms with Gasteiger partial charge < -0.3 is 10.1 Å². The second kappa shape index (κ2) is 5.15. The number of aromatic nitrogens is 2. The highest BCUT2D eigenvalue weighted by atomic mass is 19.1. The SMILES string of the molecule is COc1nnc(C2=CNC(=O)CC2=O)cc1C1CC(C)(F)C1. The second-order valence-corrected chi connectivity index (χ2v) is 5.94. The number of halogens is 1. The molecule has 22 heavy (non-hydrogen) atoms. The van der Waals surface area contributed by atoms with E-state index >= 15 is 0 Å². The summed E-state index contributed by atoms with van der Waals surface area (Å²) < 4.78 is 18.9. The quantitative estimate of drug-likeness (QED) is 0.856. The maximum absolute atomic E-state index is 13.7. The van der Waals surface area contributed by atoms with Crippen LogP contribution in [0, 0.1) is 0 Å². The van der Waals surface area contributed by atoms with E-state index in [9.17, 15) is 14.0 Å². The number of alkyl halides is 1. The van der Waals surface area contributed by atoms with Crippen LogP contribution in [0.5, 0.6) is 5.88 Å². The van der Waals surface area contributed by atoms with Gasteiger partial charge in [0.1, 0.15) is 5.67 Å². The van der Waals surface area contributed by atoms with Crippen molar-refractivity contribution in [1.82, 2.24) is 15.5 Å². The predicted octanol–water partition coefficient (Wildman–Crippen LogP) is 1.52. The Hall–Kier alpha value is -2.31.